The Labute approximate surface area is 203 Å². The predicted molar refractivity (Wildman–Crippen MR) is 131 cm³/mol. The number of ether oxygens (including phenoxy) is 1. The van der Waals surface area contributed by atoms with Crippen molar-refractivity contribution in [1.82, 2.24) is 0 Å². The fourth-order valence-corrected chi connectivity index (χ4v) is 5.48. The van der Waals surface area contributed by atoms with Gasteiger partial charge in [-0.3, -0.25) is 0 Å². The Hall–Kier alpha value is -1.77. The molecular formula is C27H32F2O4S. The van der Waals surface area contributed by atoms with Gasteiger partial charge in [-0.2, -0.15) is 0 Å². The van der Waals surface area contributed by atoms with Gasteiger partial charge in [0.2, 0.25) is 0 Å². The highest BCUT2D eigenvalue weighted by atomic mass is 32.2. The number of alkyl halides is 2. The molecule has 0 saturated carbocycles. The maximum Gasteiger partial charge on any atom is 0.251 e. The molecule has 0 aromatic heterocycles. The molecule has 34 heavy (non-hydrogen) atoms. The summed E-state index contributed by atoms with van der Waals surface area (Å²) >= 11 is 1.40. The lowest BCUT2D eigenvalue weighted by molar-refractivity contribution is -0.200. The molecule has 4 rings (SSSR count). The summed E-state index contributed by atoms with van der Waals surface area (Å²) in [4.78, 5) is 0. The molecule has 1 unspecified atom stereocenters. The van der Waals surface area contributed by atoms with Gasteiger partial charge in [-0.15, -0.1) is 11.8 Å². The molecule has 1 heterocycles. The molecule has 5 atom stereocenters. The SMILES string of the molecule is CCS[C@H]1OC(c2ccc(C)c(Cc3ccc(C4=CCC(F)(F)CC4)cc3)c2)[C@H](O)[C@@H](O)[C@@H]1O. The smallest absolute Gasteiger partial charge is 0.251 e. The monoisotopic (exact) mass is 490 g/mol. The van der Waals surface area contributed by atoms with Crippen LogP contribution in [0.15, 0.2) is 48.5 Å². The Kier molecular flexibility index (Phi) is 7.79. The van der Waals surface area contributed by atoms with E-state index in [2.05, 4.69) is 0 Å². The fraction of sp³-hybridized carbons (Fsp3) is 0.481. The molecule has 1 saturated heterocycles. The van der Waals surface area contributed by atoms with Crippen molar-refractivity contribution in [3.8, 4) is 0 Å². The Morgan fingerprint density at radius 1 is 1.03 bits per heavy atom. The number of benzene rings is 2. The van der Waals surface area contributed by atoms with E-state index in [0.29, 0.717) is 18.6 Å². The maximum atomic E-state index is 13.4. The lowest BCUT2D eigenvalue weighted by atomic mass is 9.89. The summed E-state index contributed by atoms with van der Waals surface area (Å²) in [6.07, 6.45) is -2.00. The second-order valence-corrected chi connectivity index (χ2v) is 10.6. The van der Waals surface area contributed by atoms with Gasteiger partial charge in [0.25, 0.3) is 5.92 Å². The fourth-order valence-electron chi connectivity index (χ4n) is 4.60. The number of hydrogen-bond acceptors (Lipinski definition) is 5. The highest BCUT2D eigenvalue weighted by Gasteiger charge is 2.44. The first-order valence-electron chi connectivity index (χ1n) is 11.8. The van der Waals surface area contributed by atoms with Crippen LogP contribution >= 0.6 is 11.8 Å². The average molecular weight is 491 g/mol. The van der Waals surface area contributed by atoms with Gasteiger partial charge in [0.05, 0.1) is 0 Å². The molecule has 184 valence electrons. The minimum Gasteiger partial charge on any atom is -0.387 e. The Balaban J connectivity index is 1.51. The van der Waals surface area contributed by atoms with Gasteiger partial charge in [0.1, 0.15) is 29.9 Å². The second kappa shape index (κ2) is 10.5. The zero-order valence-corrected chi connectivity index (χ0v) is 20.3. The van der Waals surface area contributed by atoms with Gasteiger partial charge in [-0.05, 0) is 58.9 Å². The number of hydrogen-bond donors (Lipinski definition) is 3. The molecule has 1 fully saturated rings. The van der Waals surface area contributed by atoms with Crippen molar-refractivity contribution in [3.05, 3.63) is 76.4 Å². The first-order valence-corrected chi connectivity index (χ1v) is 12.8. The first kappa shape index (κ1) is 25.3. The van der Waals surface area contributed by atoms with Crippen LogP contribution in [0.1, 0.15) is 60.1 Å². The summed E-state index contributed by atoms with van der Waals surface area (Å²) in [7, 11) is 0. The van der Waals surface area contributed by atoms with Crippen molar-refractivity contribution in [3.63, 3.8) is 0 Å². The Morgan fingerprint density at radius 3 is 2.41 bits per heavy atom. The first-order chi connectivity index (χ1) is 16.2. The van der Waals surface area contributed by atoms with Crippen molar-refractivity contribution in [1.29, 1.82) is 0 Å². The molecule has 0 spiro atoms. The van der Waals surface area contributed by atoms with Crippen LogP contribution in [0.2, 0.25) is 0 Å². The number of aliphatic hydroxyl groups excluding tert-OH is 3. The second-order valence-electron chi connectivity index (χ2n) is 9.20. The van der Waals surface area contributed by atoms with Crippen LogP contribution in [0.5, 0.6) is 0 Å². The van der Waals surface area contributed by atoms with Crippen molar-refractivity contribution < 1.29 is 28.8 Å². The molecule has 0 radical (unpaired) electrons. The normalized spacial score (nSPS) is 29.0. The molecule has 0 bridgehead atoms. The molecule has 4 nitrogen and oxygen atoms in total. The molecule has 2 aromatic rings. The zero-order valence-electron chi connectivity index (χ0n) is 19.5. The lowest BCUT2D eigenvalue weighted by Crippen LogP contribution is -2.53. The minimum atomic E-state index is -2.59. The number of rotatable bonds is 6. The summed E-state index contributed by atoms with van der Waals surface area (Å²) in [5, 5.41) is 31.2. The van der Waals surface area contributed by atoms with Gasteiger partial charge >= 0.3 is 0 Å². The Bertz CT molecular complexity index is 1020. The topological polar surface area (TPSA) is 69.9 Å². The van der Waals surface area contributed by atoms with E-state index < -0.39 is 35.8 Å². The highest BCUT2D eigenvalue weighted by molar-refractivity contribution is 7.99. The molecule has 0 amide bonds. The highest BCUT2D eigenvalue weighted by Crippen LogP contribution is 2.38. The summed E-state index contributed by atoms with van der Waals surface area (Å²) in [6, 6.07) is 13.9. The maximum absolute atomic E-state index is 13.4. The van der Waals surface area contributed by atoms with Gasteiger partial charge < -0.3 is 20.1 Å². The third kappa shape index (κ3) is 5.55. The van der Waals surface area contributed by atoms with Crippen LogP contribution < -0.4 is 0 Å². The molecule has 2 aromatic carbocycles. The largest absolute Gasteiger partial charge is 0.387 e. The molecular weight excluding hydrogens is 458 g/mol. The number of aryl methyl sites for hydroxylation is 1. The van der Waals surface area contributed by atoms with Gasteiger partial charge in [0, 0.05) is 12.8 Å². The van der Waals surface area contributed by atoms with Crippen LogP contribution in [-0.2, 0) is 11.2 Å². The number of allylic oxidation sites excluding steroid dienone is 2. The minimum absolute atomic E-state index is 0.106. The van der Waals surface area contributed by atoms with E-state index in [4.69, 9.17) is 4.74 Å². The van der Waals surface area contributed by atoms with E-state index >= 15 is 0 Å². The number of thioether (sulfide) groups is 1. The third-order valence-corrected chi connectivity index (χ3v) is 7.78. The van der Waals surface area contributed by atoms with E-state index in [1.54, 1.807) is 6.08 Å². The Morgan fingerprint density at radius 2 is 1.76 bits per heavy atom. The summed E-state index contributed by atoms with van der Waals surface area (Å²) in [6.45, 7) is 3.97. The van der Waals surface area contributed by atoms with E-state index in [1.807, 2.05) is 56.3 Å². The van der Waals surface area contributed by atoms with Gasteiger partial charge in [0.15, 0.2) is 0 Å². The summed E-state index contributed by atoms with van der Waals surface area (Å²) < 4.78 is 32.9. The molecule has 1 aliphatic heterocycles. The van der Waals surface area contributed by atoms with Crippen LogP contribution in [-0.4, -0.2) is 50.7 Å². The number of aliphatic hydroxyl groups is 3. The quantitative estimate of drug-likeness (QED) is 0.530. The van der Waals surface area contributed by atoms with Crippen molar-refractivity contribution in [2.24, 2.45) is 0 Å². The van der Waals surface area contributed by atoms with Crippen molar-refractivity contribution in [2.45, 2.75) is 75.3 Å². The van der Waals surface area contributed by atoms with Crippen molar-refractivity contribution in [2.75, 3.05) is 5.75 Å². The summed E-state index contributed by atoms with van der Waals surface area (Å²) in [5.41, 5.74) is 5.35. The standard InChI is InChI=1S/C27H32F2O4S/c1-3-34-26-24(32)22(30)23(31)25(33-26)20-7-4-16(2)21(15-20)14-17-5-8-18(9-6-17)19-10-12-27(28,29)13-11-19/h4-10,15,22-26,30-32H,3,11-14H2,1-2H3/t22-,23-,24+,25?,26-/m1/s1. The van der Waals surface area contributed by atoms with Gasteiger partial charge in [-0.25, -0.2) is 8.78 Å². The van der Waals surface area contributed by atoms with Crippen molar-refractivity contribution >= 4 is 17.3 Å². The lowest BCUT2D eigenvalue weighted by Gasteiger charge is -2.40. The molecule has 2 aliphatic rings. The molecule has 3 N–H and O–H groups in total. The van der Waals surface area contributed by atoms with Gasteiger partial charge in [-0.1, -0.05) is 55.5 Å². The molecule has 7 heteroatoms. The predicted octanol–water partition coefficient (Wildman–Crippen LogP) is 5.02. The average Bonchev–Trinajstić information content (AvgIpc) is 2.82. The van der Waals surface area contributed by atoms with E-state index in [-0.39, 0.29) is 12.8 Å². The van der Waals surface area contributed by atoms with E-state index in [9.17, 15) is 24.1 Å². The van der Waals surface area contributed by atoms with E-state index in [1.165, 1.54) is 11.8 Å². The third-order valence-electron chi connectivity index (χ3n) is 6.73. The van der Waals surface area contributed by atoms with Crippen LogP contribution in [0.25, 0.3) is 5.57 Å². The molecule has 1 aliphatic carbocycles. The van der Waals surface area contributed by atoms with Crippen LogP contribution in [0.3, 0.4) is 0 Å². The van der Waals surface area contributed by atoms with E-state index in [0.717, 1.165) is 33.4 Å². The van der Waals surface area contributed by atoms with Crippen LogP contribution in [0.4, 0.5) is 8.78 Å². The van der Waals surface area contributed by atoms with Crippen LogP contribution in [0, 0.1) is 6.92 Å². The number of halogens is 2. The summed E-state index contributed by atoms with van der Waals surface area (Å²) in [5.74, 6) is -1.88. The zero-order chi connectivity index (χ0) is 24.5.